The number of carbonyl (C=O) groups excluding carboxylic acids is 1. The van der Waals surface area contributed by atoms with Crippen molar-refractivity contribution in [3.8, 4) is 0 Å². The first-order valence-corrected chi connectivity index (χ1v) is 7.36. The van der Waals surface area contributed by atoms with Crippen molar-refractivity contribution in [2.75, 3.05) is 6.54 Å². The molecule has 0 saturated carbocycles. The van der Waals surface area contributed by atoms with Gasteiger partial charge in [0.05, 0.1) is 6.42 Å². The second-order valence-corrected chi connectivity index (χ2v) is 6.05. The smallest absolute Gasteiger partial charge is 0.329 e. The second kappa shape index (κ2) is 7.53. The van der Waals surface area contributed by atoms with Crippen molar-refractivity contribution in [1.29, 1.82) is 0 Å². The maximum absolute atomic E-state index is 13.1. The Hall–Kier alpha value is -1.27. The molecule has 2 rings (SSSR count). The Labute approximate surface area is 140 Å². The summed E-state index contributed by atoms with van der Waals surface area (Å²) in [4.78, 5) is 13.3. The summed E-state index contributed by atoms with van der Waals surface area (Å²) in [5.41, 5.74) is 8.41. The summed E-state index contributed by atoms with van der Waals surface area (Å²) in [5, 5.41) is 0. The van der Waals surface area contributed by atoms with Crippen LogP contribution in [0.2, 0.25) is 0 Å². The number of alkyl halides is 3. The molecule has 1 aliphatic rings. The molecule has 1 aromatic carbocycles. The van der Waals surface area contributed by atoms with E-state index in [9.17, 15) is 18.0 Å². The summed E-state index contributed by atoms with van der Waals surface area (Å²) in [6.45, 7) is 3.71. The molecule has 3 nitrogen and oxygen atoms in total. The molecule has 0 aromatic heterocycles. The largest absolute Gasteiger partial charge is 0.408 e. The van der Waals surface area contributed by atoms with Crippen LogP contribution in [-0.4, -0.2) is 35.6 Å². The molecule has 2 unspecified atom stereocenters. The number of hydrogen-bond donors (Lipinski definition) is 1. The van der Waals surface area contributed by atoms with Crippen molar-refractivity contribution in [1.82, 2.24) is 4.90 Å². The molecule has 1 aromatic rings. The molecule has 23 heavy (non-hydrogen) atoms. The first-order chi connectivity index (χ1) is 10.2. The first-order valence-electron chi connectivity index (χ1n) is 7.36. The van der Waals surface area contributed by atoms with E-state index in [0.29, 0.717) is 0 Å². The Bertz CT molecular complexity index is 563. The number of benzene rings is 1. The Kier molecular flexibility index (Phi) is 6.48. The van der Waals surface area contributed by atoms with Gasteiger partial charge in [-0.3, -0.25) is 4.79 Å². The Morgan fingerprint density at radius 1 is 1.30 bits per heavy atom. The fraction of sp³-hybridized carbons (Fsp3) is 0.562. The Morgan fingerprint density at radius 2 is 1.96 bits per heavy atom. The highest BCUT2D eigenvalue weighted by Gasteiger charge is 2.47. The summed E-state index contributed by atoms with van der Waals surface area (Å²) in [6.07, 6.45) is -4.26. The molecule has 0 bridgehead atoms. The van der Waals surface area contributed by atoms with Crippen molar-refractivity contribution in [3.63, 3.8) is 0 Å². The molecular formula is C16H22ClF3N2O. The van der Waals surface area contributed by atoms with Gasteiger partial charge in [-0.15, -0.1) is 12.4 Å². The number of nitrogens with two attached hydrogens (primary N) is 1. The van der Waals surface area contributed by atoms with Gasteiger partial charge in [0.25, 0.3) is 0 Å². The van der Waals surface area contributed by atoms with E-state index in [2.05, 4.69) is 0 Å². The molecule has 0 radical (unpaired) electrons. The van der Waals surface area contributed by atoms with Crippen molar-refractivity contribution in [2.24, 2.45) is 5.73 Å². The van der Waals surface area contributed by atoms with E-state index in [1.165, 1.54) is 0 Å². The van der Waals surface area contributed by atoms with Gasteiger partial charge in [0.1, 0.15) is 6.04 Å². The van der Waals surface area contributed by atoms with Crippen LogP contribution < -0.4 is 5.73 Å². The Morgan fingerprint density at radius 3 is 2.57 bits per heavy atom. The highest BCUT2D eigenvalue weighted by atomic mass is 35.5. The van der Waals surface area contributed by atoms with Crippen LogP contribution in [0.1, 0.15) is 29.5 Å². The summed E-state index contributed by atoms with van der Waals surface area (Å²) in [5.74, 6) is -0.508. The van der Waals surface area contributed by atoms with Gasteiger partial charge < -0.3 is 10.6 Å². The minimum Gasteiger partial charge on any atom is -0.329 e. The van der Waals surface area contributed by atoms with Crippen molar-refractivity contribution >= 4 is 18.3 Å². The predicted molar refractivity (Wildman–Crippen MR) is 85.6 cm³/mol. The Balaban J connectivity index is 0.00000264. The number of halogens is 4. The number of likely N-dealkylation sites (tertiary alicyclic amines) is 1. The van der Waals surface area contributed by atoms with Crippen LogP contribution in [0.3, 0.4) is 0 Å². The zero-order chi connectivity index (χ0) is 16.5. The average Bonchev–Trinajstić information content (AvgIpc) is 2.41. The van der Waals surface area contributed by atoms with E-state index in [0.717, 1.165) is 21.6 Å². The van der Waals surface area contributed by atoms with Gasteiger partial charge in [0, 0.05) is 12.6 Å². The van der Waals surface area contributed by atoms with E-state index in [1.54, 1.807) is 0 Å². The molecule has 0 spiro atoms. The third-order valence-electron chi connectivity index (χ3n) is 4.16. The van der Waals surface area contributed by atoms with Gasteiger partial charge in [-0.25, -0.2) is 0 Å². The number of nitrogens with zero attached hydrogens (tertiary/aromatic N) is 1. The minimum atomic E-state index is -4.41. The van der Waals surface area contributed by atoms with Gasteiger partial charge in [0.2, 0.25) is 5.91 Å². The fourth-order valence-corrected chi connectivity index (χ4v) is 2.87. The number of aryl methyl sites for hydroxylation is 2. The quantitative estimate of drug-likeness (QED) is 0.890. The summed E-state index contributed by atoms with van der Waals surface area (Å²) < 4.78 is 39.4. The molecular weight excluding hydrogens is 329 g/mol. The van der Waals surface area contributed by atoms with Crippen LogP contribution in [0.25, 0.3) is 0 Å². The van der Waals surface area contributed by atoms with E-state index >= 15 is 0 Å². The molecule has 1 heterocycles. The zero-order valence-corrected chi connectivity index (χ0v) is 14.0. The minimum absolute atomic E-state index is 0. The molecule has 0 aliphatic carbocycles. The number of piperidine rings is 1. The first kappa shape index (κ1) is 19.8. The number of carbonyl (C=O) groups is 1. The van der Waals surface area contributed by atoms with Crippen LogP contribution in [0.4, 0.5) is 13.2 Å². The highest BCUT2D eigenvalue weighted by molar-refractivity contribution is 5.85. The molecule has 1 amide bonds. The van der Waals surface area contributed by atoms with E-state index < -0.39 is 18.1 Å². The van der Waals surface area contributed by atoms with Crippen LogP contribution in [0, 0.1) is 13.8 Å². The van der Waals surface area contributed by atoms with E-state index in [-0.39, 0.29) is 44.3 Å². The molecule has 1 fully saturated rings. The maximum atomic E-state index is 13.1. The predicted octanol–water partition coefficient (Wildman–Crippen LogP) is 3.15. The summed E-state index contributed by atoms with van der Waals surface area (Å²) in [7, 11) is 0. The third-order valence-corrected chi connectivity index (χ3v) is 4.16. The van der Waals surface area contributed by atoms with Gasteiger partial charge in [0.15, 0.2) is 0 Å². The lowest BCUT2D eigenvalue weighted by atomic mass is 9.96. The molecule has 1 saturated heterocycles. The normalized spacial score (nSPS) is 21.7. The van der Waals surface area contributed by atoms with Crippen LogP contribution >= 0.6 is 12.4 Å². The highest BCUT2D eigenvalue weighted by Crippen LogP contribution is 2.32. The van der Waals surface area contributed by atoms with Crippen LogP contribution in [-0.2, 0) is 11.2 Å². The molecule has 2 atom stereocenters. The fourth-order valence-electron chi connectivity index (χ4n) is 2.87. The molecule has 2 N–H and O–H groups in total. The standard InChI is InChI=1S/C16H21F3N2O.ClH/c1-10-3-4-11(2)12(7-10)8-15(22)21-9-13(20)5-6-14(21)16(17,18)19;/h3-4,7,13-14H,5-6,8-9,20H2,1-2H3;1H. The second-order valence-electron chi connectivity index (χ2n) is 6.05. The van der Waals surface area contributed by atoms with Gasteiger partial charge >= 0.3 is 6.18 Å². The van der Waals surface area contributed by atoms with Gasteiger partial charge in [-0.2, -0.15) is 13.2 Å². The van der Waals surface area contributed by atoms with Gasteiger partial charge in [-0.05, 0) is 37.8 Å². The topological polar surface area (TPSA) is 46.3 Å². The van der Waals surface area contributed by atoms with Crippen molar-refractivity contribution < 1.29 is 18.0 Å². The number of amides is 1. The van der Waals surface area contributed by atoms with Crippen LogP contribution in [0.15, 0.2) is 18.2 Å². The van der Waals surface area contributed by atoms with Crippen molar-refractivity contribution in [3.05, 3.63) is 34.9 Å². The third kappa shape index (κ3) is 4.85. The summed E-state index contributed by atoms with van der Waals surface area (Å²) >= 11 is 0. The molecule has 130 valence electrons. The van der Waals surface area contributed by atoms with Crippen molar-refractivity contribution in [2.45, 2.75) is 51.4 Å². The molecule has 7 heteroatoms. The number of hydrogen-bond acceptors (Lipinski definition) is 2. The lowest BCUT2D eigenvalue weighted by Gasteiger charge is -2.39. The summed E-state index contributed by atoms with van der Waals surface area (Å²) in [6, 6.07) is 3.53. The monoisotopic (exact) mass is 350 g/mol. The van der Waals surface area contributed by atoms with E-state index in [1.807, 2.05) is 32.0 Å². The lowest BCUT2D eigenvalue weighted by molar-refractivity contribution is -0.196. The lowest BCUT2D eigenvalue weighted by Crippen LogP contribution is -2.57. The van der Waals surface area contributed by atoms with Gasteiger partial charge in [-0.1, -0.05) is 23.8 Å². The zero-order valence-electron chi connectivity index (χ0n) is 13.2. The average molecular weight is 351 g/mol. The van der Waals surface area contributed by atoms with Crippen LogP contribution in [0.5, 0.6) is 0 Å². The SMILES string of the molecule is Cc1ccc(C)c(CC(=O)N2CC(N)CCC2C(F)(F)F)c1.Cl. The maximum Gasteiger partial charge on any atom is 0.408 e. The number of rotatable bonds is 2. The van der Waals surface area contributed by atoms with E-state index in [4.69, 9.17) is 5.73 Å². The molecule has 1 aliphatic heterocycles.